The van der Waals surface area contributed by atoms with E-state index in [1.54, 1.807) is 24.3 Å². The fourth-order valence-electron chi connectivity index (χ4n) is 2.00. The number of benzene rings is 1. The quantitative estimate of drug-likeness (QED) is 0.677. The van der Waals surface area contributed by atoms with Gasteiger partial charge in [-0.2, -0.15) is 0 Å². The largest absolute Gasteiger partial charge is 0.488 e. The van der Waals surface area contributed by atoms with E-state index in [0.717, 1.165) is 10.9 Å². The molecule has 24 heavy (non-hydrogen) atoms. The summed E-state index contributed by atoms with van der Waals surface area (Å²) in [4.78, 5) is 26.9. The van der Waals surface area contributed by atoms with Crippen LogP contribution in [0.25, 0.3) is 0 Å². The second-order valence-electron chi connectivity index (χ2n) is 5.19. The molecule has 0 fully saturated rings. The number of rotatable bonds is 8. The zero-order chi connectivity index (χ0) is 17.5. The number of hydrogen-bond donors (Lipinski definition) is 1. The molecule has 0 spiro atoms. The van der Waals surface area contributed by atoms with Crippen LogP contribution in [-0.4, -0.2) is 27.3 Å². The second kappa shape index (κ2) is 8.94. The number of halogens is 1. The molecule has 2 aromatic rings. The number of aromatic nitrogens is 1. The Morgan fingerprint density at radius 3 is 2.62 bits per heavy atom. The molecular weight excluding hydrogens is 394 g/mol. The van der Waals surface area contributed by atoms with Gasteiger partial charge < -0.3 is 9.72 Å². The topological polar surface area (TPSA) is 76.2 Å². The smallest absolute Gasteiger partial charge is 0.223 e. The van der Waals surface area contributed by atoms with Crippen LogP contribution in [0, 0.1) is 0 Å². The SMILES string of the molecule is CCCOc1c[nH]c(CS(=O)CC(=O)c2ccc(Br)cc2)cc1=O. The normalized spacial score (nSPS) is 11.9. The molecule has 5 nitrogen and oxygen atoms in total. The maximum absolute atomic E-state index is 12.2. The molecule has 1 atom stereocenters. The van der Waals surface area contributed by atoms with E-state index < -0.39 is 10.8 Å². The third-order valence-electron chi connectivity index (χ3n) is 3.17. The van der Waals surface area contributed by atoms with Crippen molar-refractivity contribution in [2.24, 2.45) is 0 Å². The first-order chi connectivity index (χ1) is 11.5. The average molecular weight is 412 g/mol. The molecule has 1 aromatic carbocycles. The van der Waals surface area contributed by atoms with Crippen LogP contribution < -0.4 is 10.2 Å². The maximum Gasteiger partial charge on any atom is 0.223 e. The summed E-state index contributed by atoms with van der Waals surface area (Å²) in [5, 5.41) is 0. The van der Waals surface area contributed by atoms with Gasteiger partial charge in [0.1, 0.15) is 0 Å². The Balaban J connectivity index is 1.97. The Morgan fingerprint density at radius 2 is 2.00 bits per heavy atom. The van der Waals surface area contributed by atoms with Crippen molar-refractivity contribution in [3.8, 4) is 5.75 Å². The minimum atomic E-state index is -1.40. The number of hydrogen-bond acceptors (Lipinski definition) is 4. The molecule has 0 amide bonds. The van der Waals surface area contributed by atoms with Crippen LogP contribution in [0.2, 0.25) is 0 Å². The number of aromatic amines is 1. The summed E-state index contributed by atoms with van der Waals surface area (Å²) in [5.74, 6) is 0.0898. The van der Waals surface area contributed by atoms with Gasteiger partial charge in [0, 0.05) is 38.8 Å². The Hall–Kier alpha value is -1.73. The molecule has 0 saturated heterocycles. The van der Waals surface area contributed by atoms with Crippen LogP contribution in [-0.2, 0) is 16.6 Å². The lowest BCUT2D eigenvalue weighted by molar-refractivity contribution is 0.102. The summed E-state index contributed by atoms with van der Waals surface area (Å²) in [7, 11) is -1.40. The van der Waals surface area contributed by atoms with Gasteiger partial charge in [0.2, 0.25) is 5.43 Å². The number of carbonyl (C=O) groups is 1. The fourth-order valence-corrected chi connectivity index (χ4v) is 3.34. The van der Waals surface area contributed by atoms with Gasteiger partial charge in [-0.3, -0.25) is 13.8 Å². The standard InChI is InChI=1S/C17H18BrNO4S/c1-2-7-23-17-9-19-14(8-15(17)20)10-24(22)11-16(21)12-3-5-13(18)6-4-12/h3-6,8-9H,2,7,10-11H2,1H3,(H,19,20). The van der Waals surface area contributed by atoms with Crippen molar-refractivity contribution in [2.75, 3.05) is 12.4 Å². The highest BCUT2D eigenvalue weighted by molar-refractivity contribution is 9.10. The van der Waals surface area contributed by atoms with Gasteiger partial charge >= 0.3 is 0 Å². The predicted octanol–water partition coefficient (Wildman–Crippen LogP) is 3.06. The number of carbonyl (C=O) groups excluding carboxylic acids is 1. The molecule has 0 aliphatic carbocycles. The highest BCUT2D eigenvalue weighted by atomic mass is 79.9. The Bertz CT molecular complexity index is 786. The van der Waals surface area contributed by atoms with Crippen molar-refractivity contribution in [3.05, 3.63) is 62.5 Å². The summed E-state index contributed by atoms with van der Waals surface area (Å²) in [5.41, 5.74) is 0.780. The molecular formula is C17H18BrNO4S. The first-order valence-corrected chi connectivity index (χ1v) is 9.76. The third-order valence-corrected chi connectivity index (χ3v) is 4.92. The first-order valence-electron chi connectivity index (χ1n) is 7.47. The van der Waals surface area contributed by atoms with Crippen LogP contribution in [0.1, 0.15) is 29.4 Å². The molecule has 0 aliphatic heterocycles. The van der Waals surface area contributed by atoms with Crippen molar-refractivity contribution in [2.45, 2.75) is 19.1 Å². The summed E-state index contributed by atoms with van der Waals surface area (Å²) >= 11 is 3.30. The number of ether oxygens (including phenoxy) is 1. The lowest BCUT2D eigenvalue weighted by atomic mass is 10.2. The van der Waals surface area contributed by atoms with Crippen molar-refractivity contribution in [1.82, 2.24) is 4.98 Å². The van der Waals surface area contributed by atoms with E-state index in [2.05, 4.69) is 20.9 Å². The third kappa shape index (κ3) is 5.42. The minimum absolute atomic E-state index is 0.0856. The van der Waals surface area contributed by atoms with E-state index in [-0.39, 0.29) is 28.5 Å². The molecule has 0 radical (unpaired) electrons. The van der Waals surface area contributed by atoms with Crippen LogP contribution >= 0.6 is 15.9 Å². The highest BCUT2D eigenvalue weighted by Crippen LogP contribution is 2.12. The summed E-state index contributed by atoms with van der Waals surface area (Å²) < 4.78 is 18.3. The summed E-state index contributed by atoms with van der Waals surface area (Å²) in [6.45, 7) is 2.42. The van der Waals surface area contributed by atoms with Gasteiger partial charge in [-0.05, 0) is 18.6 Å². The molecule has 128 valence electrons. The van der Waals surface area contributed by atoms with Gasteiger partial charge in [-0.25, -0.2) is 0 Å². The Labute approximate surface area is 151 Å². The molecule has 2 rings (SSSR count). The van der Waals surface area contributed by atoms with Crippen LogP contribution in [0.3, 0.4) is 0 Å². The predicted molar refractivity (Wildman–Crippen MR) is 98.0 cm³/mol. The number of nitrogens with one attached hydrogen (secondary N) is 1. The molecule has 1 heterocycles. The monoisotopic (exact) mass is 411 g/mol. The zero-order valence-electron chi connectivity index (χ0n) is 13.2. The molecule has 0 bridgehead atoms. The van der Waals surface area contributed by atoms with Gasteiger partial charge in [0.05, 0.1) is 18.1 Å². The van der Waals surface area contributed by atoms with E-state index in [0.29, 0.717) is 17.9 Å². The van der Waals surface area contributed by atoms with Gasteiger partial charge in [0.15, 0.2) is 11.5 Å². The lowest BCUT2D eigenvalue weighted by Gasteiger charge is -2.06. The number of ketones is 1. The number of Topliss-reactive ketones (excluding diaryl/α,β-unsaturated/α-hetero) is 1. The maximum atomic E-state index is 12.2. The van der Waals surface area contributed by atoms with Crippen LogP contribution in [0.15, 0.2) is 45.8 Å². The number of pyridine rings is 1. The number of H-pyrrole nitrogens is 1. The van der Waals surface area contributed by atoms with Crippen molar-refractivity contribution in [1.29, 1.82) is 0 Å². The van der Waals surface area contributed by atoms with E-state index in [1.807, 2.05) is 6.92 Å². The van der Waals surface area contributed by atoms with Crippen molar-refractivity contribution < 1.29 is 13.7 Å². The Morgan fingerprint density at radius 1 is 1.29 bits per heavy atom. The van der Waals surface area contributed by atoms with E-state index in [1.165, 1.54) is 12.3 Å². The molecule has 1 N–H and O–H groups in total. The van der Waals surface area contributed by atoms with E-state index in [4.69, 9.17) is 4.74 Å². The van der Waals surface area contributed by atoms with E-state index >= 15 is 0 Å². The highest BCUT2D eigenvalue weighted by Gasteiger charge is 2.12. The summed E-state index contributed by atoms with van der Waals surface area (Å²) in [6, 6.07) is 8.27. The van der Waals surface area contributed by atoms with Gasteiger partial charge in [-0.15, -0.1) is 0 Å². The average Bonchev–Trinajstić information content (AvgIpc) is 2.54. The van der Waals surface area contributed by atoms with Crippen molar-refractivity contribution in [3.63, 3.8) is 0 Å². The molecule has 0 aliphatic rings. The second-order valence-corrected chi connectivity index (χ2v) is 7.57. The lowest BCUT2D eigenvalue weighted by Crippen LogP contribution is -2.15. The van der Waals surface area contributed by atoms with Crippen molar-refractivity contribution >= 4 is 32.5 Å². The van der Waals surface area contributed by atoms with Crippen LogP contribution in [0.4, 0.5) is 0 Å². The molecule has 1 unspecified atom stereocenters. The molecule has 1 aromatic heterocycles. The van der Waals surface area contributed by atoms with E-state index in [9.17, 15) is 13.8 Å². The minimum Gasteiger partial charge on any atom is -0.488 e. The van der Waals surface area contributed by atoms with Gasteiger partial charge in [0.25, 0.3) is 0 Å². The summed E-state index contributed by atoms with van der Waals surface area (Å²) in [6.07, 6.45) is 2.28. The Kier molecular flexibility index (Phi) is 6.93. The molecule has 0 saturated carbocycles. The fraction of sp³-hybridized carbons (Fsp3) is 0.294. The van der Waals surface area contributed by atoms with Crippen LogP contribution in [0.5, 0.6) is 5.75 Å². The first kappa shape index (κ1) is 18.6. The zero-order valence-corrected chi connectivity index (χ0v) is 15.6. The molecule has 7 heteroatoms. The van der Waals surface area contributed by atoms with Gasteiger partial charge in [-0.1, -0.05) is 35.0 Å².